The normalized spacial score (nSPS) is 12.2. The Bertz CT molecular complexity index is 398. The molecule has 3 N–H and O–H groups in total. The summed E-state index contributed by atoms with van der Waals surface area (Å²) < 4.78 is 0. The fourth-order valence-electron chi connectivity index (χ4n) is 1.40. The molecule has 0 spiro atoms. The highest BCUT2D eigenvalue weighted by molar-refractivity contribution is 7.98. The Morgan fingerprint density at radius 1 is 1.59 bits per heavy atom. The van der Waals surface area contributed by atoms with E-state index in [1.165, 1.54) is 0 Å². The van der Waals surface area contributed by atoms with Crippen molar-refractivity contribution in [1.29, 1.82) is 0 Å². The molecular formula is C12H17ClN2OS. The largest absolute Gasteiger partial charge is 0.398 e. The SMILES string of the molecule is CSCC(C)CNC(=O)c1ccc(Cl)c(N)c1. The first-order valence-electron chi connectivity index (χ1n) is 5.36. The molecule has 1 aromatic carbocycles. The molecule has 1 rings (SSSR count). The van der Waals surface area contributed by atoms with Crippen LogP contribution in [0.5, 0.6) is 0 Å². The van der Waals surface area contributed by atoms with Crippen LogP contribution in [-0.4, -0.2) is 24.5 Å². The van der Waals surface area contributed by atoms with Gasteiger partial charge in [-0.3, -0.25) is 4.79 Å². The summed E-state index contributed by atoms with van der Waals surface area (Å²) in [6, 6.07) is 4.90. The van der Waals surface area contributed by atoms with E-state index in [0.29, 0.717) is 28.7 Å². The maximum absolute atomic E-state index is 11.8. The highest BCUT2D eigenvalue weighted by atomic mass is 35.5. The van der Waals surface area contributed by atoms with Crippen molar-refractivity contribution < 1.29 is 4.79 Å². The Morgan fingerprint density at radius 3 is 2.88 bits per heavy atom. The maximum Gasteiger partial charge on any atom is 0.251 e. The summed E-state index contributed by atoms with van der Waals surface area (Å²) >= 11 is 7.57. The lowest BCUT2D eigenvalue weighted by molar-refractivity contribution is 0.0949. The number of carbonyl (C=O) groups excluding carboxylic acids is 1. The number of nitrogens with two attached hydrogens (primary N) is 1. The molecule has 0 aliphatic rings. The highest BCUT2D eigenvalue weighted by Crippen LogP contribution is 2.19. The van der Waals surface area contributed by atoms with Crippen LogP contribution in [0.4, 0.5) is 5.69 Å². The van der Waals surface area contributed by atoms with Gasteiger partial charge in [0.2, 0.25) is 0 Å². The van der Waals surface area contributed by atoms with Crippen molar-refractivity contribution in [3.63, 3.8) is 0 Å². The lowest BCUT2D eigenvalue weighted by atomic mass is 10.1. The molecule has 0 saturated carbocycles. The number of nitrogen functional groups attached to an aromatic ring is 1. The minimum atomic E-state index is -0.110. The Labute approximate surface area is 111 Å². The Morgan fingerprint density at radius 2 is 2.29 bits per heavy atom. The Balaban J connectivity index is 2.55. The molecule has 0 aliphatic heterocycles. The van der Waals surface area contributed by atoms with Crippen LogP contribution < -0.4 is 11.1 Å². The number of carbonyl (C=O) groups is 1. The molecule has 1 aromatic rings. The van der Waals surface area contributed by atoms with Crippen LogP contribution in [0.1, 0.15) is 17.3 Å². The summed E-state index contributed by atoms with van der Waals surface area (Å²) in [5.74, 6) is 1.38. The van der Waals surface area contributed by atoms with Crippen molar-refractivity contribution in [3.8, 4) is 0 Å². The standard InChI is InChI=1S/C12H17ClN2OS/c1-8(7-17-2)6-15-12(16)9-3-4-10(13)11(14)5-9/h3-5,8H,6-7,14H2,1-2H3,(H,15,16). The van der Waals surface area contributed by atoms with E-state index in [4.69, 9.17) is 17.3 Å². The highest BCUT2D eigenvalue weighted by Gasteiger charge is 2.08. The van der Waals surface area contributed by atoms with E-state index in [1.54, 1.807) is 30.0 Å². The molecule has 0 heterocycles. The van der Waals surface area contributed by atoms with Gasteiger partial charge < -0.3 is 11.1 Å². The van der Waals surface area contributed by atoms with Crippen molar-refractivity contribution in [2.24, 2.45) is 5.92 Å². The van der Waals surface area contributed by atoms with E-state index in [-0.39, 0.29) is 5.91 Å². The molecule has 1 unspecified atom stereocenters. The molecule has 0 radical (unpaired) electrons. The summed E-state index contributed by atoms with van der Waals surface area (Å²) in [4.78, 5) is 11.8. The molecule has 0 aliphatic carbocycles. The molecule has 5 heteroatoms. The predicted octanol–water partition coefficient (Wildman–Crippen LogP) is 2.65. The monoisotopic (exact) mass is 272 g/mol. The molecular weight excluding hydrogens is 256 g/mol. The molecule has 94 valence electrons. The third-order valence-corrected chi connectivity index (χ3v) is 3.57. The van der Waals surface area contributed by atoms with Gasteiger partial charge in [-0.1, -0.05) is 18.5 Å². The topological polar surface area (TPSA) is 55.1 Å². The molecule has 0 aromatic heterocycles. The summed E-state index contributed by atoms with van der Waals surface area (Å²) in [6.07, 6.45) is 2.05. The van der Waals surface area contributed by atoms with Crippen LogP contribution in [0.2, 0.25) is 5.02 Å². The number of amides is 1. The van der Waals surface area contributed by atoms with E-state index in [2.05, 4.69) is 18.5 Å². The average molecular weight is 273 g/mol. The number of halogens is 1. The average Bonchev–Trinajstić information content (AvgIpc) is 2.30. The lowest BCUT2D eigenvalue weighted by Crippen LogP contribution is -2.29. The molecule has 0 fully saturated rings. The second kappa shape index (κ2) is 6.77. The van der Waals surface area contributed by atoms with Crippen LogP contribution in [-0.2, 0) is 0 Å². The maximum atomic E-state index is 11.8. The predicted molar refractivity (Wildman–Crippen MR) is 75.7 cm³/mol. The molecule has 3 nitrogen and oxygen atoms in total. The van der Waals surface area contributed by atoms with Crippen molar-refractivity contribution in [3.05, 3.63) is 28.8 Å². The summed E-state index contributed by atoms with van der Waals surface area (Å²) in [7, 11) is 0. The fraction of sp³-hybridized carbons (Fsp3) is 0.417. The van der Waals surface area contributed by atoms with Gasteiger partial charge in [0.25, 0.3) is 5.91 Å². The molecule has 17 heavy (non-hydrogen) atoms. The number of rotatable bonds is 5. The molecule has 1 amide bonds. The van der Waals surface area contributed by atoms with Gasteiger partial charge in [0.1, 0.15) is 0 Å². The smallest absolute Gasteiger partial charge is 0.251 e. The number of hydrogen-bond acceptors (Lipinski definition) is 3. The summed E-state index contributed by atoms with van der Waals surface area (Å²) in [6.45, 7) is 2.77. The number of benzene rings is 1. The van der Waals surface area contributed by atoms with E-state index in [1.807, 2.05) is 0 Å². The van der Waals surface area contributed by atoms with Crippen LogP contribution in [0.15, 0.2) is 18.2 Å². The van der Waals surface area contributed by atoms with Gasteiger partial charge in [-0.15, -0.1) is 0 Å². The second-order valence-electron chi connectivity index (χ2n) is 4.01. The Kier molecular flexibility index (Phi) is 5.65. The van der Waals surface area contributed by atoms with Crippen LogP contribution in [0.3, 0.4) is 0 Å². The van der Waals surface area contributed by atoms with Crippen molar-refractivity contribution in [2.45, 2.75) is 6.92 Å². The number of hydrogen-bond donors (Lipinski definition) is 2. The number of nitrogens with one attached hydrogen (secondary N) is 1. The van der Waals surface area contributed by atoms with Crippen LogP contribution >= 0.6 is 23.4 Å². The van der Waals surface area contributed by atoms with Gasteiger partial charge in [0.15, 0.2) is 0 Å². The zero-order valence-corrected chi connectivity index (χ0v) is 11.6. The minimum absolute atomic E-state index is 0.110. The van der Waals surface area contributed by atoms with Crippen LogP contribution in [0, 0.1) is 5.92 Å². The Hall–Kier alpha value is -0.870. The van der Waals surface area contributed by atoms with Crippen molar-refractivity contribution in [1.82, 2.24) is 5.32 Å². The van der Waals surface area contributed by atoms with Gasteiger partial charge >= 0.3 is 0 Å². The third-order valence-electron chi connectivity index (χ3n) is 2.32. The fourth-order valence-corrected chi connectivity index (χ4v) is 2.20. The van der Waals surface area contributed by atoms with Crippen molar-refractivity contribution >= 4 is 35.0 Å². The van der Waals surface area contributed by atoms with E-state index in [9.17, 15) is 4.79 Å². The summed E-state index contributed by atoms with van der Waals surface area (Å²) in [5, 5.41) is 3.35. The second-order valence-corrected chi connectivity index (χ2v) is 5.32. The van der Waals surface area contributed by atoms with Gasteiger partial charge in [0.05, 0.1) is 10.7 Å². The van der Waals surface area contributed by atoms with Gasteiger partial charge in [-0.05, 0) is 36.1 Å². The number of thioether (sulfide) groups is 1. The van der Waals surface area contributed by atoms with E-state index >= 15 is 0 Å². The van der Waals surface area contributed by atoms with Gasteiger partial charge in [-0.2, -0.15) is 11.8 Å². The first-order chi connectivity index (χ1) is 8.04. The van der Waals surface area contributed by atoms with Gasteiger partial charge in [-0.25, -0.2) is 0 Å². The quantitative estimate of drug-likeness (QED) is 0.811. The first kappa shape index (κ1) is 14.2. The zero-order valence-electron chi connectivity index (χ0n) is 10.00. The third kappa shape index (κ3) is 4.48. The van der Waals surface area contributed by atoms with Crippen molar-refractivity contribution in [2.75, 3.05) is 24.3 Å². The minimum Gasteiger partial charge on any atom is -0.398 e. The van der Waals surface area contributed by atoms with E-state index < -0.39 is 0 Å². The van der Waals surface area contributed by atoms with Crippen LogP contribution in [0.25, 0.3) is 0 Å². The van der Waals surface area contributed by atoms with E-state index in [0.717, 1.165) is 5.75 Å². The molecule has 1 atom stereocenters. The summed E-state index contributed by atoms with van der Waals surface area (Å²) in [5.41, 5.74) is 6.62. The zero-order chi connectivity index (χ0) is 12.8. The first-order valence-corrected chi connectivity index (χ1v) is 7.14. The number of anilines is 1. The molecule has 0 saturated heterocycles. The molecule has 0 bridgehead atoms. The lowest BCUT2D eigenvalue weighted by Gasteiger charge is -2.11. The van der Waals surface area contributed by atoms with Gasteiger partial charge in [0, 0.05) is 12.1 Å².